The molecule has 5 heteroatoms. The summed E-state index contributed by atoms with van der Waals surface area (Å²) in [6.07, 6.45) is 16.8. The summed E-state index contributed by atoms with van der Waals surface area (Å²) < 4.78 is 0. The van der Waals surface area contributed by atoms with Crippen molar-refractivity contribution in [2.24, 2.45) is 9.98 Å². The summed E-state index contributed by atoms with van der Waals surface area (Å²) in [6.45, 7) is 0. The zero-order valence-corrected chi connectivity index (χ0v) is 28.0. The van der Waals surface area contributed by atoms with Crippen LogP contribution in [0, 0.1) is 23.7 Å². The number of hydrogen-bond donors (Lipinski definition) is 1. The van der Waals surface area contributed by atoms with Gasteiger partial charge in [-0.05, 0) is 101 Å². The topological polar surface area (TPSA) is 66.3 Å². The fourth-order valence-electron chi connectivity index (χ4n) is 6.69. The summed E-state index contributed by atoms with van der Waals surface area (Å²) in [6, 6.07) is 36.6. The number of nitrogens with zero attached hydrogens (tertiary/aromatic N) is 4. The lowest BCUT2D eigenvalue weighted by Crippen LogP contribution is -2.02. The first-order chi connectivity index (χ1) is 25.8. The van der Waals surface area contributed by atoms with E-state index in [9.17, 15) is 0 Å². The van der Waals surface area contributed by atoms with Crippen LogP contribution in [0.15, 0.2) is 196 Å². The average Bonchev–Trinajstić information content (AvgIpc) is 4.04. The number of nitrogens with one attached hydrogen (secondary N) is 1. The molecular formula is C47H29N5. The minimum Gasteiger partial charge on any atom is -0.354 e. The van der Waals surface area contributed by atoms with Gasteiger partial charge in [0.25, 0.3) is 0 Å². The largest absolute Gasteiger partial charge is 0.354 e. The van der Waals surface area contributed by atoms with Crippen LogP contribution in [-0.4, -0.2) is 26.4 Å². The average molecular weight is 664 g/mol. The van der Waals surface area contributed by atoms with Crippen molar-refractivity contribution in [2.45, 2.75) is 6.42 Å². The first-order valence-electron chi connectivity index (χ1n) is 17.1. The molecule has 2 aromatic carbocycles. The van der Waals surface area contributed by atoms with Gasteiger partial charge in [0.15, 0.2) is 0 Å². The molecule has 0 unspecified atom stereocenters. The van der Waals surface area contributed by atoms with Gasteiger partial charge in [-0.1, -0.05) is 96.8 Å². The van der Waals surface area contributed by atoms with Crippen LogP contribution in [0.25, 0.3) is 16.7 Å². The Hall–Kier alpha value is -7.34. The first-order valence-corrected chi connectivity index (χ1v) is 17.1. The lowest BCUT2D eigenvalue weighted by atomic mass is 9.93. The summed E-state index contributed by atoms with van der Waals surface area (Å²) in [5.41, 5.74) is 14.6. The summed E-state index contributed by atoms with van der Waals surface area (Å²) >= 11 is 0. The van der Waals surface area contributed by atoms with Gasteiger partial charge in [-0.3, -0.25) is 0 Å². The highest BCUT2D eigenvalue weighted by Crippen LogP contribution is 2.38. The van der Waals surface area contributed by atoms with Gasteiger partial charge in [0.1, 0.15) is 11.4 Å². The van der Waals surface area contributed by atoms with Crippen LogP contribution >= 0.6 is 0 Å². The monoisotopic (exact) mass is 663 g/mol. The second-order valence-corrected chi connectivity index (χ2v) is 12.4. The predicted molar refractivity (Wildman–Crippen MR) is 210 cm³/mol. The molecule has 0 amide bonds. The zero-order chi connectivity index (χ0) is 34.7. The van der Waals surface area contributed by atoms with E-state index in [-0.39, 0.29) is 0 Å². The third kappa shape index (κ3) is 6.05. The van der Waals surface area contributed by atoms with Gasteiger partial charge in [0.05, 0.1) is 39.7 Å². The van der Waals surface area contributed by atoms with E-state index in [1.54, 1.807) is 12.4 Å². The third-order valence-corrected chi connectivity index (χ3v) is 9.12. The van der Waals surface area contributed by atoms with Crippen molar-refractivity contribution in [2.75, 3.05) is 0 Å². The zero-order valence-electron chi connectivity index (χ0n) is 28.0. The lowest BCUT2D eigenvalue weighted by Gasteiger charge is -2.12. The number of fused-ring (bicyclic) bond motifs is 6. The van der Waals surface area contributed by atoms with Crippen LogP contribution in [0.4, 0.5) is 0 Å². The molecule has 5 aromatic rings. The Balaban J connectivity index is 1.31. The number of H-pyrrole nitrogens is 1. The maximum absolute atomic E-state index is 5.27. The predicted octanol–water partition coefficient (Wildman–Crippen LogP) is 9.12. The van der Waals surface area contributed by atoms with Crippen LogP contribution in [0.5, 0.6) is 0 Å². The van der Waals surface area contributed by atoms with Crippen molar-refractivity contribution in [3.8, 4) is 23.7 Å². The summed E-state index contributed by atoms with van der Waals surface area (Å²) in [5, 5.41) is 0. The Kier molecular flexibility index (Phi) is 7.98. The van der Waals surface area contributed by atoms with Crippen molar-refractivity contribution in [1.29, 1.82) is 0 Å². The molecule has 3 aliphatic heterocycles. The summed E-state index contributed by atoms with van der Waals surface area (Å²) in [7, 11) is 0. The molecule has 0 fully saturated rings. The maximum Gasteiger partial charge on any atom is 0.113 e. The minimum atomic E-state index is 0.681. The summed E-state index contributed by atoms with van der Waals surface area (Å²) in [5.74, 6) is 13.5. The minimum absolute atomic E-state index is 0.681. The highest BCUT2D eigenvalue weighted by molar-refractivity contribution is 6.32. The quantitative estimate of drug-likeness (QED) is 0.192. The van der Waals surface area contributed by atoms with E-state index in [2.05, 4.69) is 111 Å². The van der Waals surface area contributed by atoms with E-state index in [0.29, 0.717) is 17.8 Å². The van der Waals surface area contributed by atoms with Crippen molar-refractivity contribution >= 4 is 28.1 Å². The molecule has 1 aliphatic carbocycles. The molecule has 9 rings (SSSR count). The highest BCUT2D eigenvalue weighted by Gasteiger charge is 2.25. The van der Waals surface area contributed by atoms with E-state index in [1.165, 1.54) is 0 Å². The molecule has 1 N–H and O–H groups in total. The third-order valence-electron chi connectivity index (χ3n) is 9.12. The molecule has 5 nitrogen and oxygen atoms in total. The van der Waals surface area contributed by atoms with E-state index in [0.717, 1.165) is 78.8 Å². The van der Waals surface area contributed by atoms with Gasteiger partial charge in [0.2, 0.25) is 0 Å². The summed E-state index contributed by atoms with van der Waals surface area (Å²) in [4.78, 5) is 23.2. The standard InChI is InChI=1S/C47H29N5/c1-3-11-32(12-4-1)46-35-18-17-34(31-35)38(21-19-36-15-7-9-29-48-36)40-23-27-44(50-40)47(33-13-5-2-6-14-33)45-28-25-42(52-45)39(41-24-26-43(46)51-41)22-20-37-16-8-10-30-49-37/h1-18,23-30,50H,31H2. The molecular weight excluding hydrogens is 635 g/mol. The maximum atomic E-state index is 5.27. The van der Waals surface area contributed by atoms with Crippen LogP contribution in [0.2, 0.25) is 0 Å². The Morgan fingerprint density at radius 2 is 1.02 bits per heavy atom. The van der Waals surface area contributed by atoms with Crippen LogP contribution in [0.3, 0.4) is 0 Å². The Labute approximate surface area is 302 Å². The number of aromatic nitrogens is 3. The van der Waals surface area contributed by atoms with Gasteiger partial charge in [-0.2, -0.15) is 0 Å². The Morgan fingerprint density at radius 1 is 0.442 bits per heavy atom. The molecule has 52 heavy (non-hydrogen) atoms. The number of aliphatic imine (C=N–C) groups is 2. The van der Waals surface area contributed by atoms with Crippen molar-refractivity contribution in [3.05, 3.63) is 220 Å². The molecule has 0 atom stereocenters. The molecule has 242 valence electrons. The Morgan fingerprint density at radius 3 is 1.71 bits per heavy atom. The van der Waals surface area contributed by atoms with Crippen LogP contribution in [0.1, 0.15) is 40.3 Å². The molecule has 6 heterocycles. The first kappa shape index (κ1) is 30.7. The van der Waals surface area contributed by atoms with Gasteiger partial charge in [-0.15, -0.1) is 0 Å². The van der Waals surface area contributed by atoms with Gasteiger partial charge in [0, 0.05) is 29.2 Å². The molecule has 0 spiro atoms. The van der Waals surface area contributed by atoms with E-state index in [4.69, 9.17) is 9.98 Å². The van der Waals surface area contributed by atoms with Gasteiger partial charge < -0.3 is 4.98 Å². The van der Waals surface area contributed by atoms with Crippen LogP contribution in [-0.2, 0) is 0 Å². The lowest BCUT2D eigenvalue weighted by molar-refractivity contribution is 1.25. The number of rotatable bonds is 2. The molecule has 0 saturated carbocycles. The van der Waals surface area contributed by atoms with Gasteiger partial charge in [-0.25, -0.2) is 20.0 Å². The van der Waals surface area contributed by atoms with Gasteiger partial charge >= 0.3 is 0 Å². The SMILES string of the molecule is C(#Cc1ccccn1)C1=C2C=CC(=N2)C(c2ccccc2)=C2C=CC(=C(C#Cc3ccccn3)c3ccc([nH]3)C(c3ccccc3)=C3C=CC1=N3)C2. The second-order valence-electron chi connectivity index (χ2n) is 12.4. The number of allylic oxidation sites excluding steroid dienone is 11. The number of pyridine rings is 2. The van der Waals surface area contributed by atoms with E-state index < -0.39 is 0 Å². The molecule has 3 aromatic heterocycles. The number of benzene rings is 2. The highest BCUT2D eigenvalue weighted by atomic mass is 14.8. The van der Waals surface area contributed by atoms with Crippen molar-refractivity contribution in [1.82, 2.24) is 15.0 Å². The Bertz CT molecular complexity index is 2650. The van der Waals surface area contributed by atoms with Crippen molar-refractivity contribution in [3.63, 3.8) is 0 Å². The molecule has 8 bridgehead atoms. The number of hydrogen-bond acceptors (Lipinski definition) is 4. The normalized spacial score (nSPS) is 15.8. The number of aromatic amines is 1. The molecule has 0 saturated heterocycles. The van der Waals surface area contributed by atoms with E-state index in [1.807, 2.05) is 72.8 Å². The van der Waals surface area contributed by atoms with E-state index >= 15 is 0 Å². The molecule has 4 aliphatic rings. The fourth-order valence-corrected chi connectivity index (χ4v) is 6.69. The fraction of sp³-hybridized carbons (Fsp3) is 0.0213. The molecule has 0 radical (unpaired) electrons. The smallest absolute Gasteiger partial charge is 0.113 e. The van der Waals surface area contributed by atoms with Crippen LogP contribution < -0.4 is 0 Å². The van der Waals surface area contributed by atoms with Crippen molar-refractivity contribution < 1.29 is 0 Å². The second kappa shape index (κ2) is 13.5.